The number of amides is 1. The predicted octanol–water partition coefficient (Wildman–Crippen LogP) is 1.58. The second-order valence-corrected chi connectivity index (χ2v) is 8.56. The Morgan fingerprint density at radius 3 is 2.71 bits per heavy atom. The van der Waals surface area contributed by atoms with E-state index in [0.717, 1.165) is 43.8 Å². The summed E-state index contributed by atoms with van der Waals surface area (Å²) >= 11 is 0. The molecule has 152 valence electrons. The van der Waals surface area contributed by atoms with E-state index in [1.54, 1.807) is 6.33 Å². The van der Waals surface area contributed by atoms with Crippen LogP contribution in [0.1, 0.15) is 42.4 Å². The minimum absolute atomic E-state index is 0.106. The molecule has 1 aromatic carbocycles. The van der Waals surface area contributed by atoms with Crippen LogP contribution in [0.4, 0.5) is 4.39 Å². The number of piperidine rings is 1. The van der Waals surface area contributed by atoms with Gasteiger partial charge in [-0.2, -0.15) is 4.31 Å². The molecule has 3 rings (SSSR count). The van der Waals surface area contributed by atoms with Crippen molar-refractivity contribution in [1.29, 1.82) is 0 Å². The van der Waals surface area contributed by atoms with E-state index in [1.807, 2.05) is 11.5 Å². The normalized spacial score (nSPS) is 15.5. The number of sulfonamides is 1. The fraction of sp³-hybridized carbons (Fsp3) is 0.500. The van der Waals surface area contributed by atoms with Crippen LogP contribution >= 0.6 is 0 Å². The molecule has 1 fully saturated rings. The largest absolute Gasteiger partial charge is 0.352 e. The Labute approximate surface area is 163 Å². The lowest BCUT2D eigenvalue weighted by Gasteiger charge is -2.26. The lowest BCUT2D eigenvalue weighted by atomic mass is 10.2. The highest BCUT2D eigenvalue weighted by Crippen LogP contribution is 2.24. The Kier molecular flexibility index (Phi) is 6.40. The quantitative estimate of drug-likeness (QED) is 0.749. The van der Waals surface area contributed by atoms with Crippen LogP contribution in [-0.4, -0.2) is 53.0 Å². The van der Waals surface area contributed by atoms with E-state index in [-0.39, 0.29) is 5.56 Å². The van der Waals surface area contributed by atoms with Crippen molar-refractivity contribution in [2.24, 2.45) is 0 Å². The summed E-state index contributed by atoms with van der Waals surface area (Å²) < 4.78 is 42.9. The number of benzene rings is 1. The highest BCUT2D eigenvalue weighted by molar-refractivity contribution is 7.89. The average molecular weight is 409 g/mol. The number of hydrogen-bond donors (Lipinski definition) is 1. The number of aromatic nitrogens is 3. The molecular formula is C18H24FN5O3S. The van der Waals surface area contributed by atoms with Crippen molar-refractivity contribution < 1.29 is 17.6 Å². The van der Waals surface area contributed by atoms with Crippen LogP contribution in [-0.2, 0) is 23.0 Å². The highest BCUT2D eigenvalue weighted by atomic mass is 32.2. The number of carbonyl (C=O) groups excluding carboxylic acids is 1. The molecule has 1 aliphatic rings. The van der Waals surface area contributed by atoms with Gasteiger partial charge in [0.15, 0.2) is 0 Å². The number of aryl methyl sites for hydroxylation is 1. The summed E-state index contributed by atoms with van der Waals surface area (Å²) in [5.41, 5.74) is 0.106. The maximum Gasteiger partial charge on any atom is 0.251 e. The number of hydrogen-bond acceptors (Lipinski definition) is 5. The highest BCUT2D eigenvalue weighted by Gasteiger charge is 2.29. The molecule has 0 unspecified atom stereocenters. The summed E-state index contributed by atoms with van der Waals surface area (Å²) in [7, 11) is -3.96. The van der Waals surface area contributed by atoms with Gasteiger partial charge in [-0.3, -0.25) is 4.79 Å². The number of halogens is 1. The van der Waals surface area contributed by atoms with Gasteiger partial charge in [-0.15, -0.1) is 10.2 Å². The van der Waals surface area contributed by atoms with E-state index in [1.165, 1.54) is 10.4 Å². The molecule has 8 nitrogen and oxygen atoms in total. The van der Waals surface area contributed by atoms with Crippen LogP contribution in [0.15, 0.2) is 29.4 Å². The molecule has 0 atom stereocenters. The molecule has 2 heterocycles. The minimum Gasteiger partial charge on any atom is -0.352 e. The molecule has 1 aliphatic heterocycles. The van der Waals surface area contributed by atoms with Crippen molar-refractivity contribution in [3.8, 4) is 0 Å². The van der Waals surface area contributed by atoms with E-state index in [0.29, 0.717) is 26.1 Å². The van der Waals surface area contributed by atoms with Gasteiger partial charge in [0.25, 0.3) is 5.91 Å². The summed E-state index contributed by atoms with van der Waals surface area (Å²) in [6, 6.07) is 3.43. The van der Waals surface area contributed by atoms with Crippen molar-refractivity contribution in [2.45, 2.75) is 44.0 Å². The summed E-state index contributed by atoms with van der Waals surface area (Å²) in [6.45, 7) is 3.75. The maximum atomic E-state index is 14.2. The number of rotatable bonds is 7. The molecule has 0 saturated carbocycles. The molecule has 0 aliphatic carbocycles. The van der Waals surface area contributed by atoms with E-state index in [9.17, 15) is 17.6 Å². The zero-order valence-corrected chi connectivity index (χ0v) is 16.6. The third-order valence-electron chi connectivity index (χ3n) is 4.80. The average Bonchev–Trinajstić information content (AvgIpc) is 3.16. The second-order valence-electron chi connectivity index (χ2n) is 6.65. The topological polar surface area (TPSA) is 97.2 Å². The molecule has 0 bridgehead atoms. The summed E-state index contributed by atoms with van der Waals surface area (Å²) in [5, 5.41) is 10.5. The second kappa shape index (κ2) is 8.78. The van der Waals surface area contributed by atoms with Gasteiger partial charge in [-0.05, 0) is 38.0 Å². The first-order valence-corrected chi connectivity index (χ1v) is 10.8. The first kappa shape index (κ1) is 20.4. The number of nitrogens with zero attached hydrogens (tertiary/aromatic N) is 4. The molecule has 2 aromatic rings. The van der Waals surface area contributed by atoms with Gasteiger partial charge < -0.3 is 9.88 Å². The summed E-state index contributed by atoms with van der Waals surface area (Å²) in [4.78, 5) is 12.0. The molecule has 1 N–H and O–H groups in total. The Bertz CT molecular complexity index is 938. The lowest BCUT2D eigenvalue weighted by molar-refractivity contribution is 0.0953. The van der Waals surface area contributed by atoms with Crippen molar-refractivity contribution in [3.05, 3.63) is 41.7 Å². The van der Waals surface area contributed by atoms with Gasteiger partial charge >= 0.3 is 0 Å². The van der Waals surface area contributed by atoms with Crippen molar-refractivity contribution >= 4 is 15.9 Å². The van der Waals surface area contributed by atoms with E-state index in [4.69, 9.17) is 0 Å². The van der Waals surface area contributed by atoms with E-state index in [2.05, 4.69) is 15.5 Å². The Morgan fingerprint density at radius 1 is 1.25 bits per heavy atom. The first-order chi connectivity index (χ1) is 13.4. The zero-order valence-electron chi connectivity index (χ0n) is 15.8. The van der Waals surface area contributed by atoms with Gasteiger partial charge in [0.05, 0.1) is 0 Å². The van der Waals surface area contributed by atoms with Crippen molar-refractivity contribution in [1.82, 2.24) is 24.4 Å². The SMILES string of the molecule is CCn1cnnc1CCNC(=O)c1ccc(F)c(S(=O)(=O)N2CCCCC2)c1. The number of nitrogens with one attached hydrogen (secondary N) is 1. The standard InChI is InChI=1S/C18H24FN5O3S/c1-2-23-13-21-22-17(23)8-9-20-18(25)14-6-7-15(19)16(12-14)28(26,27)24-10-4-3-5-11-24/h6-7,12-13H,2-5,8-11H2,1H3,(H,20,25). The third-order valence-corrected chi connectivity index (χ3v) is 6.71. The molecule has 0 spiro atoms. The summed E-state index contributed by atoms with van der Waals surface area (Å²) in [5.74, 6) is -0.564. The van der Waals surface area contributed by atoms with Gasteiger partial charge in [0, 0.05) is 38.2 Å². The van der Waals surface area contributed by atoms with E-state index < -0.39 is 26.6 Å². The fourth-order valence-electron chi connectivity index (χ4n) is 3.21. The number of carbonyl (C=O) groups is 1. The van der Waals surface area contributed by atoms with Crippen LogP contribution in [0.2, 0.25) is 0 Å². The maximum absolute atomic E-state index is 14.2. The van der Waals surface area contributed by atoms with Gasteiger partial charge in [0.1, 0.15) is 22.9 Å². The van der Waals surface area contributed by atoms with Gasteiger partial charge in [-0.25, -0.2) is 12.8 Å². The third kappa shape index (κ3) is 4.39. The molecule has 1 amide bonds. The fourth-order valence-corrected chi connectivity index (χ4v) is 4.82. The van der Waals surface area contributed by atoms with Crippen LogP contribution in [0.25, 0.3) is 0 Å². The molecule has 1 saturated heterocycles. The van der Waals surface area contributed by atoms with E-state index >= 15 is 0 Å². The monoisotopic (exact) mass is 409 g/mol. The zero-order chi connectivity index (χ0) is 20.1. The van der Waals surface area contributed by atoms with Gasteiger partial charge in [0.2, 0.25) is 10.0 Å². The minimum atomic E-state index is -3.96. The lowest BCUT2D eigenvalue weighted by Crippen LogP contribution is -2.36. The van der Waals surface area contributed by atoms with Crippen LogP contribution < -0.4 is 5.32 Å². The Morgan fingerprint density at radius 2 is 2.00 bits per heavy atom. The van der Waals surface area contributed by atoms with Crippen LogP contribution in [0, 0.1) is 5.82 Å². The molecular weight excluding hydrogens is 385 g/mol. The van der Waals surface area contributed by atoms with Crippen molar-refractivity contribution in [3.63, 3.8) is 0 Å². The Hall–Kier alpha value is -2.33. The smallest absolute Gasteiger partial charge is 0.251 e. The molecule has 0 radical (unpaired) electrons. The van der Waals surface area contributed by atoms with Crippen molar-refractivity contribution in [2.75, 3.05) is 19.6 Å². The summed E-state index contributed by atoms with van der Waals surface area (Å²) in [6.07, 6.45) is 4.57. The van der Waals surface area contributed by atoms with Crippen LogP contribution in [0.3, 0.4) is 0 Å². The van der Waals surface area contributed by atoms with Crippen LogP contribution in [0.5, 0.6) is 0 Å². The molecule has 28 heavy (non-hydrogen) atoms. The predicted molar refractivity (Wildman–Crippen MR) is 101 cm³/mol. The molecule has 1 aromatic heterocycles. The first-order valence-electron chi connectivity index (χ1n) is 9.38. The van der Waals surface area contributed by atoms with Gasteiger partial charge in [-0.1, -0.05) is 6.42 Å². The molecule has 10 heteroatoms. The Balaban J connectivity index is 1.70.